The molecule has 3 aliphatic heterocycles. The topological polar surface area (TPSA) is 80.3 Å². The maximum Gasteiger partial charge on any atom is 0.265 e. The van der Waals surface area contributed by atoms with Gasteiger partial charge in [0.2, 0.25) is 5.91 Å². The Morgan fingerprint density at radius 1 is 0.909 bits per heavy atom. The maximum atomic E-state index is 13.1. The molecule has 0 saturated carbocycles. The van der Waals surface area contributed by atoms with Crippen LogP contribution in [0, 0.1) is 0 Å². The fourth-order valence-electron chi connectivity index (χ4n) is 4.52. The van der Waals surface area contributed by atoms with Crippen LogP contribution in [0.15, 0.2) is 42.5 Å². The van der Waals surface area contributed by atoms with Crippen LogP contribution < -0.4 is 24.4 Å². The van der Waals surface area contributed by atoms with Gasteiger partial charge in [-0.1, -0.05) is 12.1 Å². The van der Waals surface area contributed by atoms with Crippen LogP contribution in [-0.4, -0.2) is 62.2 Å². The Kier molecular flexibility index (Phi) is 6.24. The van der Waals surface area contributed by atoms with Crippen LogP contribution in [0.2, 0.25) is 0 Å². The zero-order chi connectivity index (χ0) is 22.6. The van der Waals surface area contributed by atoms with Crippen molar-refractivity contribution in [3.63, 3.8) is 0 Å². The zero-order valence-corrected chi connectivity index (χ0v) is 18.6. The quantitative estimate of drug-likeness (QED) is 0.770. The molecule has 33 heavy (non-hydrogen) atoms. The highest BCUT2D eigenvalue weighted by Crippen LogP contribution is 2.34. The van der Waals surface area contributed by atoms with E-state index < -0.39 is 6.10 Å². The summed E-state index contributed by atoms with van der Waals surface area (Å²) in [5, 5.41) is 2.95. The van der Waals surface area contributed by atoms with Gasteiger partial charge >= 0.3 is 0 Å². The number of ether oxygens (including phenoxy) is 3. The lowest BCUT2D eigenvalue weighted by Gasteiger charge is -2.38. The molecule has 2 amide bonds. The minimum Gasteiger partial charge on any atom is -0.490 e. The van der Waals surface area contributed by atoms with E-state index in [1.807, 2.05) is 40.1 Å². The molecule has 2 aromatic rings. The summed E-state index contributed by atoms with van der Waals surface area (Å²) in [7, 11) is 0. The Hall–Kier alpha value is -3.42. The molecule has 5 rings (SSSR count). The lowest BCUT2D eigenvalue weighted by molar-refractivity contribution is -0.139. The molecule has 2 aromatic carbocycles. The van der Waals surface area contributed by atoms with Crippen LogP contribution in [0.1, 0.15) is 25.7 Å². The lowest BCUT2D eigenvalue weighted by atomic mass is 10.1. The largest absolute Gasteiger partial charge is 0.490 e. The SMILES string of the molecule is O=C(CN1CC(C(=O)N2CCCCC2)Oc2ccccc21)Nc1ccc2c(c1)OCCCO2. The van der Waals surface area contributed by atoms with Gasteiger partial charge in [0, 0.05) is 31.3 Å². The molecular formula is C25H29N3O5. The lowest BCUT2D eigenvalue weighted by Crippen LogP contribution is -2.52. The van der Waals surface area contributed by atoms with Crippen LogP contribution in [0.4, 0.5) is 11.4 Å². The van der Waals surface area contributed by atoms with Crippen molar-refractivity contribution in [1.82, 2.24) is 4.90 Å². The van der Waals surface area contributed by atoms with E-state index >= 15 is 0 Å². The Morgan fingerprint density at radius 2 is 1.70 bits per heavy atom. The fraction of sp³-hybridized carbons (Fsp3) is 0.440. The second-order valence-corrected chi connectivity index (χ2v) is 8.60. The summed E-state index contributed by atoms with van der Waals surface area (Å²) in [5.74, 6) is 1.77. The zero-order valence-electron chi connectivity index (χ0n) is 18.6. The summed E-state index contributed by atoms with van der Waals surface area (Å²) in [6.45, 7) is 3.18. The summed E-state index contributed by atoms with van der Waals surface area (Å²) in [6.07, 6.45) is 3.41. The van der Waals surface area contributed by atoms with E-state index in [0.29, 0.717) is 42.7 Å². The van der Waals surface area contributed by atoms with E-state index in [2.05, 4.69) is 5.32 Å². The molecule has 0 aromatic heterocycles. The Morgan fingerprint density at radius 3 is 2.55 bits per heavy atom. The third kappa shape index (κ3) is 4.84. The summed E-state index contributed by atoms with van der Waals surface area (Å²) >= 11 is 0. The van der Waals surface area contributed by atoms with Gasteiger partial charge in [0.05, 0.1) is 32.0 Å². The van der Waals surface area contributed by atoms with Gasteiger partial charge in [-0.3, -0.25) is 9.59 Å². The number of amides is 2. The molecule has 1 saturated heterocycles. The van der Waals surface area contributed by atoms with Gasteiger partial charge in [-0.15, -0.1) is 0 Å². The third-order valence-corrected chi connectivity index (χ3v) is 6.17. The maximum absolute atomic E-state index is 13.1. The fourth-order valence-corrected chi connectivity index (χ4v) is 4.52. The first-order valence-corrected chi connectivity index (χ1v) is 11.7. The molecule has 1 N–H and O–H groups in total. The predicted octanol–water partition coefficient (Wildman–Crippen LogP) is 3.07. The Bertz CT molecular complexity index is 1020. The van der Waals surface area contributed by atoms with Gasteiger partial charge in [-0.05, 0) is 43.5 Å². The molecule has 8 nitrogen and oxygen atoms in total. The Balaban J connectivity index is 1.29. The molecule has 1 unspecified atom stereocenters. The number of nitrogens with one attached hydrogen (secondary N) is 1. The molecule has 1 fully saturated rings. The molecule has 0 spiro atoms. The molecule has 1 atom stereocenters. The second-order valence-electron chi connectivity index (χ2n) is 8.60. The summed E-state index contributed by atoms with van der Waals surface area (Å²) in [4.78, 5) is 29.8. The molecular weight excluding hydrogens is 422 g/mol. The first-order chi connectivity index (χ1) is 16.2. The molecule has 0 radical (unpaired) electrons. The van der Waals surface area contributed by atoms with E-state index in [1.54, 1.807) is 12.1 Å². The van der Waals surface area contributed by atoms with Crippen molar-refractivity contribution in [2.75, 3.05) is 49.6 Å². The molecule has 0 aliphatic carbocycles. The normalized spacial score (nSPS) is 19.7. The van der Waals surface area contributed by atoms with Gasteiger partial charge in [-0.25, -0.2) is 0 Å². The highest BCUT2D eigenvalue weighted by atomic mass is 16.5. The van der Waals surface area contributed by atoms with E-state index in [-0.39, 0.29) is 18.4 Å². The number of rotatable bonds is 4. The van der Waals surface area contributed by atoms with Crippen LogP contribution in [0.25, 0.3) is 0 Å². The molecule has 174 valence electrons. The van der Waals surface area contributed by atoms with Gasteiger partial charge < -0.3 is 29.3 Å². The monoisotopic (exact) mass is 451 g/mol. The van der Waals surface area contributed by atoms with Crippen LogP contribution in [0.3, 0.4) is 0 Å². The highest BCUT2D eigenvalue weighted by molar-refractivity contribution is 5.95. The predicted molar refractivity (Wildman–Crippen MR) is 124 cm³/mol. The van der Waals surface area contributed by atoms with Crippen molar-refractivity contribution < 1.29 is 23.8 Å². The first kappa shape index (κ1) is 21.4. The first-order valence-electron chi connectivity index (χ1n) is 11.7. The number of hydrogen-bond acceptors (Lipinski definition) is 6. The van der Waals surface area contributed by atoms with Crippen molar-refractivity contribution in [2.45, 2.75) is 31.8 Å². The second kappa shape index (κ2) is 9.60. The number of hydrogen-bond donors (Lipinski definition) is 1. The summed E-state index contributed by atoms with van der Waals surface area (Å²) < 4.78 is 17.4. The smallest absolute Gasteiger partial charge is 0.265 e. The van der Waals surface area contributed by atoms with Crippen LogP contribution in [0.5, 0.6) is 17.2 Å². The number of fused-ring (bicyclic) bond motifs is 2. The van der Waals surface area contributed by atoms with Crippen LogP contribution >= 0.6 is 0 Å². The van der Waals surface area contributed by atoms with Crippen molar-refractivity contribution in [2.24, 2.45) is 0 Å². The van der Waals surface area contributed by atoms with E-state index in [1.165, 1.54) is 0 Å². The number of anilines is 2. The minimum atomic E-state index is -0.621. The summed E-state index contributed by atoms with van der Waals surface area (Å²) in [5.41, 5.74) is 1.46. The number of benzene rings is 2. The molecule has 3 aliphatic rings. The number of carbonyl (C=O) groups excluding carboxylic acids is 2. The van der Waals surface area contributed by atoms with Crippen molar-refractivity contribution in [1.29, 1.82) is 0 Å². The highest BCUT2D eigenvalue weighted by Gasteiger charge is 2.34. The standard InChI is InChI=1S/C25H29N3O5/c29-24(26-18-9-10-21-22(15-18)32-14-6-13-31-21)17-28-16-23(25(30)27-11-4-1-5-12-27)33-20-8-3-2-7-19(20)28/h2-3,7-10,15,23H,1,4-6,11-14,16-17H2,(H,26,29). The number of para-hydroxylation sites is 2. The van der Waals surface area contributed by atoms with Gasteiger partial charge in [-0.2, -0.15) is 0 Å². The molecule has 3 heterocycles. The van der Waals surface area contributed by atoms with Gasteiger partial charge in [0.15, 0.2) is 17.6 Å². The Labute approximate surface area is 193 Å². The number of carbonyl (C=O) groups is 2. The van der Waals surface area contributed by atoms with Crippen molar-refractivity contribution in [3.8, 4) is 17.2 Å². The number of piperidine rings is 1. The third-order valence-electron chi connectivity index (χ3n) is 6.17. The van der Waals surface area contributed by atoms with Crippen molar-refractivity contribution in [3.05, 3.63) is 42.5 Å². The van der Waals surface area contributed by atoms with Crippen molar-refractivity contribution >= 4 is 23.2 Å². The summed E-state index contributed by atoms with van der Waals surface area (Å²) in [6, 6.07) is 13.0. The van der Waals surface area contributed by atoms with Gasteiger partial charge in [0.1, 0.15) is 5.75 Å². The number of likely N-dealkylation sites (tertiary alicyclic amines) is 1. The average Bonchev–Trinajstić information content (AvgIpc) is 3.09. The van der Waals surface area contributed by atoms with E-state index in [0.717, 1.165) is 44.5 Å². The molecule has 0 bridgehead atoms. The average molecular weight is 452 g/mol. The van der Waals surface area contributed by atoms with E-state index in [4.69, 9.17) is 14.2 Å². The van der Waals surface area contributed by atoms with E-state index in [9.17, 15) is 9.59 Å². The van der Waals surface area contributed by atoms with Crippen LogP contribution in [-0.2, 0) is 9.59 Å². The molecule has 8 heteroatoms. The number of nitrogens with zero attached hydrogens (tertiary/aromatic N) is 2. The minimum absolute atomic E-state index is 0.00230. The van der Waals surface area contributed by atoms with Gasteiger partial charge in [0.25, 0.3) is 5.91 Å².